The Kier molecular flexibility index (Phi) is 2.78. The van der Waals surface area contributed by atoms with E-state index in [0.29, 0.717) is 5.56 Å². The van der Waals surface area contributed by atoms with Crippen molar-refractivity contribution in [2.45, 2.75) is 18.4 Å². The van der Waals surface area contributed by atoms with Crippen molar-refractivity contribution in [1.82, 2.24) is 10.3 Å². The average Bonchev–Trinajstić information content (AvgIpc) is 3.21. The number of rotatable bonds is 3. The summed E-state index contributed by atoms with van der Waals surface area (Å²) in [4.78, 5) is 16.0. The number of halogens is 1. The quantitative estimate of drug-likeness (QED) is 0.917. The lowest BCUT2D eigenvalue weighted by molar-refractivity contribution is 0.0930. The average molecular weight is 256 g/mol. The maximum atomic E-state index is 12.9. The molecule has 96 valence electrons. The molecule has 1 N–H and O–H groups in total. The van der Waals surface area contributed by atoms with Crippen molar-refractivity contribution in [2.75, 3.05) is 0 Å². The predicted octanol–water partition coefficient (Wildman–Crippen LogP) is 2.64. The zero-order valence-corrected chi connectivity index (χ0v) is 10.3. The number of pyridine rings is 1. The Morgan fingerprint density at radius 2 is 1.74 bits per heavy atom. The third kappa shape index (κ3) is 2.34. The van der Waals surface area contributed by atoms with Gasteiger partial charge in [-0.15, -0.1) is 0 Å². The second kappa shape index (κ2) is 4.46. The summed E-state index contributed by atoms with van der Waals surface area (Å²) in [5, 5.41) is 3.03. The lowest BCUT2D eigenvalue weighted by atomic mass is 10.0. The number of benzene rings is 1. The van der Waals surface area contributed by atoms with Gasteiger partial charge in [-0.2, -0.15) is 0 Å². The molecule has 0 spiro atoms. The van der Waals surface area contributed by atoms with Crippen molar-refractivity contribution in [2.24, 2.45) is 0 Å². The molecule has 0 bridgehead atoms. The normalized spacial score (nSPS) is 15.8. The van der Waals surface area contributed by atoms with Crippen LogP contribution < -0.4 is 5.32 Å². The fourth-order valence-electron chi connectivity index (χ4n) is 2.17. The highest BCUT2D eigenvalue weighted by Crippen LogP contribution is 2.45. The Balaban J connectivity index is 1.79. The van der Waals surface area contributed by atoms with Gasteiger partial charge in [0.05, 0.1) is 5.54 Å². The minimum absolute atomic E-state index is 0.121. The molecule has 19 heavy (non-hydrogen) atoms. The highest BCUT2D eigenvalue weighted by atomic mass is 19.1. The minimum atomic E-state index is -0.325. The molecule has 0 radical (unpaired) electrons. The van der Waals surface area contributed by atoms with Crippen LogP contribution in [-0.2, 0) is 5.54 Å². The van der Waals surface area contributed by atoms with Crippen LogP contribution in [0.1, 0.15) is 28.8 Å². The second-order valence-electron chi connectivity index (χ2n) is 4.78. The van der Waals surface area contributed by atoms with Crippen molar-refractivity contribution in [3.05, 3.63) is 65.7 Å². The van der Waals surface area contributed by atoms with Crippen LogP contribution in [0.4, 0.5) is 4.39 Å². The molecule has 3 rings (SSSR count). The largest absolute Gasteiger partial charge is 0.343 e. The SMILES string of the molecule is O=C(NC1(c2ccc(F)cc2)CC1)c1ccncc1. The molecule has 0 unspecified atom stereocenters. The first-order valence-corrected chi connectivity index (χ1v) is 6.18. The number of hydrogen-bond donors (Lipinski definition) is 1. The second-order valence-corrected chi connectivity index (χ2v) is 4.78. The number of carbonyl (C=O) groups is 1. The van der Waals surface area contributed by atoms with Gasteiger partial charge < -0.3 is 5.32 Å². The maximum Gasteiger partial charge on any atom is 0.252 e. The highest BCUT2D eigenvalue weighted by Gasteiger charge is 2.45. The van der Waals surface area contributed by atoms with Gasteiger partial charge in [0.1, 0.15) is 5.82 Å². The highest BCUT2D eigenvalue weighted by molar-refractivity contribution is 5.94. The molecular weight excluding hydrogens is 243 g/mol. The van der Waals surface area contributed by atoms with E-state index in [1.807, 2.05) is 0 Å². The van der Waals surface area contributed by atoms with Gasteiger partial charge in [-0.1, -0.05) is 12.1 Å². The third-order valence-corrected chi connectivity index (χ3v) is 3.44. The Morgan fingerprint density at radius 3 is 2.32 bits per heavy atom. The first kappa shape index (κ1) is 11.8. The molecule has 1 amide bonds. The van der Waals surface area contributed by atoms with E-state index < -0.39 is 0 Å². The van der Waals surface area contributed by atoms with Gasteiger partial charge in [0, 0.05) is 18.0 Å². The van der Waals surface area contributed by atoms with E-state index in [1.165, 1.54) is 12.1 Å². The number of carbonyl (C=O) groups excluding carboxylic acids is 1. The number of nitrogens with zero attached hydrogens (tertiary/aromatic N) is 1. The fraction of sp³-hybridized carbons (Fsp3) is 0.200. The third-order valence-electron chi connectivity index (χ3n) is 3.44. The summed E-state index contributed by atoms with van der Waals surface area (Å²) < 4.78 is 12.9. The standard InChI is InChI=1S/C15H13FN2O/c16-13-3-1-12(2-4-13)15(7-8-15)18-14(19)11-5-9-17-10-6-11/h1-6,9-10H,7-8H2,(H,18,19). The van der Waals surface area contributed by atoms with Crippen molar-refractivity contribution < 1.29 is 9.18 Å². The van der Waals surface area contributed by atoms with Crippen molar-refractivity contribution in [1.29, 1.82) is 0 Å². The molecule has 1 aliphatic rings. The van der Waals surface area contributed by atoms with E-state index in [1.54, 1.807) is 36.7 Å². The van der Waals surface area contributed by atoms with Gasteiger partial charge in [-0.05, 0) is 42.7 Å². The molecule has 1 saturated carbocycles. The van der Waals surface area contributed by atoms with Gasteiger partial charge in [-0.25, -0.2) is 4.39 Å². The van der Waals surface area contributed by atoms with Crippen LogP contribution in [0, 0.1) is 5.82 Å². The Labute approximate surface area is 110 Å². The van der Waals surface area contributed by atoms with Crippen LogP contribution in [0.2, 0.25) is 0 Å². The van der Waals surface area contributed by atoms with E-state index in [4.69, 9.17) is 0 Å². The zero-order chi connectivity index (χ0) is 13.3. The molecule has 0 atom stereocenters. The van der Waals surface area contributed by atoms with Crippen LogP contribution in [-0.4, -0.2) is 10.9 Å². The summed E-state index contributed by atoms with van der Waals surface area (Å²) in [7, 11) is 0. The van der Waals surface area contributed by atoms with E-state index in [9.17, 15) is 9.18 Å². The summed E-state index contributed by atoms with van der Waals surface area (Å²) in [6, 6.07) is 9.67. The van der Waals surface area contributed by atoms with Gasteiger partial charge in [0.2, 0.25) is 0 Å². The van der Waals surface area contributed by atoms with Crippen LogP contribution in [0.15, 0.2) is 48.8 Å². The Hall–Kier alpha value is -2.23. The number of amides is 1. The number of aromatic nitrogens is 1. The summed E-state index contributed by atoms with van der Waals surface area (Å²) in [6.07, 6.45) is 4.95. The van der Waals surface area contributed by atoms with Crippen LogP contribution in [0.5, 0.6) is 0 Å². The lowest BCUT2D eigenvalue weighted by Crippen LogP contribution is -2.34. The fourth-order valence-corrected chi connectivity index (χ4v) is 2.17. The number of hydrogen-bond acceptors (Lipinski definition) is 2. The molecular formula is C15H13FN2O. The van der Waals surface area contributed by atoms with E-state index in [-0.39, 0.29) is 17.3 Å². The van der Waals surface area contributed by atoms with Crippen molar-refractivity contribution >= 4 is 5.91 Å². The predicted molar refractivity (Wildman–Crippen MR) is 69.0 cm³/mol. The van der Waals surface area contributed by atoms with Crippen molar-refractivity contribution in [3.63, 3.8) is 0 Å². The smallest absolute Gasteiger partial charge is 0.252 e. The molecule has 1 fully saturated rings. The topological polar surface area (TPSA) is 42.0 Å². The van der Waals surface area contributed by atoms with E-state index in [2.05, 4.69) is 10.3 Å². The molecule has 1 heterocycles. The Morgan fingerprint density at radius 1 is 1.11 bits per heavy atom. The van der Waals surface area contributed by atoms with Crippen LogP contribution >= 0.6 is 0 Å². The molecule has 0 aliphatic heterocycles. The molecule has 1 aliphatic carbocycles. The van der Waals surface area contributed by atoms with E-state index in [0.717, 1.165) is 18.4 Å². The first-order valence-electron chi connectivity index (χ1n) is 6.18. The summed E-state index contributed by atoms with van der Waals surface area (Å²) in [5.74, 6) is -0.385. The Bertz CT molecular complexity index is 591. The molecule has 4 heteroatoms. The van der Waals surface area contributed by atoms with Crippen LogP contribution in [0.3, 0.4) is 0 Å². The lowest BCUT2D eigenvalue weighted by Gasteiger charge is -2.18. The van der Waals surface area contributed by atoms with Crippen LogP contribution in [0.25, 0.3) is 0 Å². The van der Waals surface area contributed by atoms with Crippen molar-refractivity contribution in [3.8, 4) is 0 Å². The van der Waals surface area contributed by atoms with E-state index >= 15 is 0 Å². The molecule has 3 nitrogen and oxygen atoms in total. The molecule has 1 aromatic heterocycles. The first-order chi connectivity index (χ1) is 9.20. The maximum absolute atomic E-state index is 12.9. The van der Waals surface area contributed by atoms with Gasteiger partial charge in [0.15, 0.2) is 0 Å². The molecule has 2 aromatic rings. The summed E-state index contributed by atoms with van der Waals surface area (Å²) in [5.41, 5.74) is 1.22. The van der Waals surface area contributed by atoms with Gasteiger partial charge in [0.25, 0.3) is 5.91 Å². The summed E-state index contributed by atoms with van der Waals surface area (Å²) in [6.45, 7) is 0. The molecule has 0 saturated heterocycles. The minimum Gasteiger partial charge on any atom is -0.343 e. The molecule has 1 aromatic carbocycles. The number of nitrogens with one attached hydrogen (secondary N) is 1. The van der Waals surface area contributed by atoms with Gasteiger partial charge in [-0.3, -0.25) is 9.78 Å². The summed E-state index contributed by atoms with van der Waals surface area (Å²) >= 11 is 0. The zero-order valence-electron chi connectivity index (χ0n) is 10.3. The van der Waals surface area contributed by atoms with Gasteiger partial charge >= 0.3 is 0 Å². The monoisotopic (exact) mass is 256 g/mol.